The lowest BCUT2D eigenvalue weighted by Crippen LogP contribution is -2.50. The Bertz CT molecular complexity index is 506. The van der Waals surface area contributed by atoms with E-state index < -0.39 is 0 Å². The largest absolute Gasteiger partial charge is 0.411 e. The SMILES string of the molecule is CC(C)N1CCN(C(=O)CC/C(=N/O)c2ccccc2)CC1. The molecule has 0 radical (unpaired) electrons. The number of hydrogen-bond acceptors (Lipinski definition) is 4. The molecule has 0 spiro atoms. The van der Waals surface area contributed by atoms with Gasteiger partial charge in [0.25, 0.3) is 0 Å². The van der Waals surface area contributed by atoms with Crippen LogP contribution in [0.15, 0.2) is 35.5 Å². The Hall–Kier alpha value is -1.88. The standard InChI is InChI=1S/C17H25N3O2/c1-14(2)19-10-12-20(13-11-19)17(21)9-8-16(18-22)15-6-4-3-5-7-15/h3-7,14,22H,8-13H2,1-2H3/b18-16-. The lowest BCUT2D eigenvalue weighted by Gasteiger charge is -2.37. The molecule has 0 bridgehead atoms. The first kappa shape index (κ1) is 16.5. The molecule has 0 aromatic heterocycles. The maximum Gasteiger partial charge on any atom is 0.223 e. The summed E-state index contributed by atoms with van der Waals surface area (Å²) in [5.74, 6) is 0.139. The van der Waals surface area contributed by atoms with Crippen molar-refractivity contribution in [3.63, 3.8) is 0 Å². The normalized spacial score (nSPS) is 17.0. The van der Waals surface area contributed by atoms with Crippen molar-refractivity contribution in [1.29, 1.82) is 0 Å². The Morgan fingerprint density at radius 1 is 1.14 bits per heavy atom. The Kier molecular flexibility index (Phi) is 5.95. The van der Waals surface area contributed by atoms with Gasteiger partial charge in [-0.2, -0.15) is 0 Å². The monoisotopic (exact) mass is 303 g/mol. The van der Waals surface area contributed by atoms with Crippen LogP contribution in [-0.2, 0) is 4.79 Å². The average Bonchev–Trinajstić information content (AvgIpc) is 2.56. The molecule has 22 heavy (non-hydrogen) atoms. The van der Waals surface area contributed by atoms with Crippen molar-refractivity contribution in [2.45, 2.75) is 32.7 Å². The summed E-state index contributed by atoms with van der Waals surface area (Å²) in [4.78, 5) is 16.6. The summed E-state index contributed by atoms with van der Waals surface area (Å²) >= 11 is 0. The van der Waals surface area contributed by atoms with Gasteiger partial charge in [-0.1, -0.05) is 35.5 Å². The van der Waals surface area contributed by atoms with E-state index in [0.717, 1.165) is 31.7 Å². The molecule has 5 nitrogen and oxygen atoms in total. The molecule has 1 aromatic rings. The second-order valence-corrected chi connectivity index (χ2v) is 5.92. The zero-order valence-electron chi connectivity index (χ0n) is 13.4. The van der Waals surface area contributed by atoms with Crippen LogP contribution in [0.25, 0.3) is 0 Å². The van der Waals surface area contributed by atoms with Crippen LogP contribution in [0.5, 0.6) is 0 Å². The third-order valence-electron chi connectivity index (χ3n) is 4.20. The van der Waals surface area contributed by atoms with E-state index in [0.29, 0.717) is 24.6 Å². The number of oxime groups is 1. The van der Waals surface area contributed by atoms with E-state index in [-0.39, 0.29) is 5.91 Å². The van der Waals surface area contributed by atoms with Gasteiger partial charge in [0.2, 0.25) is 5.91 Å². The van der Waals surface area contributed by atoms with Crippen molar-refractivity contribution in [2.75, 3.05) is 26.2 Å². The molecular formula is C17H25N3O2. The van der Waals surface area contributed by atoms with E-state index in [4.69, 9.17) is 5.21 Å². The topological polar surface area (TPSA) is 56.1 Å². The maximum atomic E-state index is 12.3. The van der Waals surface area contributed by atoms with Crippen LogP contribution in [0.3, 0.4) is 0 Å². The van der Waals surface area contributed by atoms with Crippen LogP contribution in [0.1, 0.15) is 32.3 Å². The van der Waals surface area contributed by atoms with E-state index >= 15 is 0 Å². The lowest BCUT2D eigenvalue weighted by molar-refractivity contribution is -0.133. The lowest BCUT2D eigenvalue weighted by atomic mass is 10.1. The molecule has 0 saturated carbocycles. The molecule has 1 aliphatic heterocycles. The Morgan fingerprint density at radius 3 is 2.32 bits per heavy atom. The Morgan fingerprint density at radius 2 is 1.77 bits per heavy atom. The van der Waals surface area contributed by atoms with E-state index in [1.165, 1.54) is 0 Å². The quantitative estimate of drug-likeness (QED) is 0.515. The predicted octanol–water partition coefficient (Wildman–Crippen LogP) is 2.20. The summed E-state index contributed by atoms with van der Waals surface area (Å²) in [7, 11) is 0. The smallest absolute Gasteiger partial charge is 0.223 e. The third-order valence-corrected chi connectivity index (χ3v) is 4.20. The fraction of sp³-hybridized carbons (Fsp3) is 0.529. The zero-order valence-corrected chi connectivity index (χ0v) is 13.4. The molecule has 2 rings (SSSR count). The number of amides is 1. The molecule has 0 unspecified atom stereocenters. The van der Waals surface area contributed by atoms with Crippen LogP contribution in [0, 0.1) is 0 Å². The van der Waals surface area contributed by atoms with E-state index in [1.807, 2.05) is 35.2 Å². The molecule has 1 aliphatic rings. The summed E-state index contributed by atoms with van der Waals surface area (Å²) in [5.41, 5.74) is 1.43. The van der Waals surface area contributed by atoms with Gasteiger partial charge in [0.1, 0.15) is 0 Å². The van der Waals surface area contributed by atoms with Crippen molar-refractivity contribution >= 4 is 11.6 Å². The predicted molar refractivity (Wildman–Crippen MR) is 87.3 cm³/mol. The Labute approximate surface area is 132 Å². The fourth-order valence-corrected chi connectivity index (χ4v) is 2.75. The first-order valence-electron chi connectivity index (χ1n) is 7.90. The number of hydrogen-bond donors (Lipinski definition) is 1. The van der Waals surface area contributed by atoms with Gasteiger partial charge in [-0.05, 0) is 19.4 Å². The highest BCUT2D eigenvalue weighted by molar-refractivity contribution is 6.01. The van der Waals surface area contributed by atoms with Gasteiger partial charge in [-0.25, -0.2) is 0 Å². The van der Waals surface area contributed by atoms with Crippen molar-refractivity contribution in [3.8, 4) is 0 Å². The molecule has 1 fully saturated rings. The average molecular weight is 303 g/mol. The number of benzene rings is 1. The molecule has 5 heteroatoms. The molecule has 1 N–H and O–H groups in total. The summed E-state index contributed by atoms with van der Waals surface area (Å²) < 4.78 is 0. The first-order valence-corrected chi connectivity index (χ1v) is 7.90. The highest BCUT2D eigenvalue weighted by atomic mass is 16.4. The van der Waals surface area contributed by atoms with E-state index in [9.17, 15) is 4.79 Å². The molecular weight excluding hydrogens is 278 g/mol. The minimum Gasteiger partial charge on any atom is -0.411 e. The van der Waals surface area contributed by atoms with Crippen molar-refractivity contribution in [1.82, 2.24) is 9.80 Å². The van der Waals surface area contributed by atoms with Gasteiger partial charge in [0, 0.05) is 45.1 Å². The van der Waals surface area contributed by atoms with Gasteiger partial charge in [0.05, 0.1) is 5.71 Å². The first-order chi connectivity index (χ1) is 10.6. The van der Waals surface area contributed by atoms with Gasteiger partial charge < -0.3 is 10.1 Å². The minimum atomic E-state index is 0.139. The molecule has 1 aromatic carbocycles. The number of rotatable bonds is 5. The van der Waals surface area contributed by atoms with Crippen molar-refractivity contribution < 1.29 is 10.0 Å². The molecule has 1 heterocycles. The molecule has 120 valence electrons. The van der Waals surface area contributed by atoms with Gasteiger partial charge in [-0.15, -0.1) is 0 Å². The van der Waals surface area contributed by atoms with Crippen molar-refractivity contribution in [2.24, 2.45) is 5.16 Å². The van der Waals surface area contributed by atoms with Crippen LogP contribution >= 0.6 is 0 Å². The second-order valence-electron chi connectivity index (χ2n) is 5.92. The molecule has 1 saturated heterocycles. The molecule has 0 aliphatic carbocycles. The van der Waals surface area contributed by atoms with Gasteiger partial charge in [-0.3, -0.25) is 9.69 Å². The zero-order chi connectivity index (χ0) is 15.9. The highest BCUT2D eigenvalue weighted by Crippen LogP contribution is 2.11. The molecule has 1 amide bonds. The van der Waals surface area contributed by atoms with Gasteiger partial charge in [0.15, 0.2) is 0 Å². The summed E-state index contributed by atoms with van der Waals surface area (Å²) in [5, 5.41) is 12.5. The minimum absolute atomic E-state index is 0.139. The highest BCUT2D eigenvalue weighted by Gasteiger charge is 2.22. The Balaban J connectivity index is 1.83. The second kappa shape index (κ2) is 7.94. The van der Waals surface area contributed by atoms with E-state index in [2.05, 4.69) is 23.9 Å². The number of carbonyl (C=O) groups is 1. The number of carbonyl (C=O) groups excluding carboxylic acids is 1. The van der Waals surface area contributed by atoms with E-state index in [1.54, 1.807) is 0 Å². The van der Waals surface area contributed by atoms with Crippen molar-refractivity contribution in [3.05, 3.63) is 35.9 Å². The summed E-state index contributed by atoms with van der Waals surface area (Å²) in [6.45, 7) is 7.80. The summed E-state index contributed by atoms with van der Waals surface area (Å²) in [6, 6.07) is 10.0. The summed E-state index contributed by atoms with van der Waals surface area (Å²) in [6.07, 6.45) is 0.847. The van der Waals surface area contributed by atoms with Crippen LogP contribution in [-0.4, -0.2) is 58.8 Å². The number of piperazine rings is 1. The maximum absolute atomic E-state index is 12.3. The fourth-order valence-electron chi connectivity index (χ4n) is 2.75. The third kappa shape index (κ3) is 4.31. The molecule has 0 atom stereocenters. The number of nitrogens with zero attached hydrogens (tertiary/aromatic N) is 3. The van der Waals surface area contributed by atoms with Crippen LogP contribution in [0.4, 0.5) is 0 Å². The van der Waals surface area contributed by atoms with Crippen LogP contribution < -0.4 is 0 Å². The van der Waals surface area contributed by atoms with Crippen LogP contribution in [0.2, 0.25) is 0 Å². The van der Waals surface area contributed by atoms with Gasteiger partial charge >= 0.3 is 0 Å².